The molecule has 0 aliphatic heterocycles. The second kappa shape index (κ2) is 10.3. The van der Waals surface area contributed by atoms with E-state index in [-0.39, 0.29) is 24.1 Å². The zero-order chi connectivity index (χ0) is 14.0. The Morgan fingerprint density at radius 2 is 1.83 bits per heavy atom. The number of nitrogens with one attached hydrogen (secondary N) is 2. The quantitative estimate of drug-likeness (QED) is 0.613. The van der Waals surface area contributed by atoms with E-state index in [9.17, 15) is 4.79 Å². The van der Waals surface area contributed by atoms with E-state index < -0.39 is 0 Å². The molecule has 108 valence electrons. The van der Waals surface area contributed by atoms with Gasteiger partial charge in [-0.15, -0.1) is 0 Å². The normalized spacial score (nSPS) is 14.6. The lowest BCUT2D eigenvalue weighted by Gasteiger charge is -2.21. The van der Waals surface area contributed by atoms with Crippen molar-refractivity contribution in [3.63, 3.8) is 0 Å². The number of rotatable bonds is 10. The van der Waals surface area contributed by atoms with E-state index in [2.05, 4.69) is 24.5 Å². The van der Waals surface area contributed by atoms with Gasteiger partial charge in [0.05, 0.1) is 18.8 Å². The Balaban J connectivity index is 3.99. The van der Waals surface area contributed by atoms with E-state index in [1.165, 1.54) is 0 Å². The Labute approximate surface area is 111 Å². The third-order valence-electron chi connectivity index (χ3n) is 3.06. The fourth-order valence-corrected chi connectivity index (χ4v) is 1.62. The van der Waals surface area contributed by atoms with Crippen LogP contribution in [0.4, 0.5) is 0 Å². The molecule has 0 aromatic rings. The van der Waals surface area contributed by atoms with E-state index in [1.54, 1.807) is 14.2 Å². The smallest absolute Gasteiger partial charge is 0.237 e. The summed E-state index contributed by atoms with van der Waals surface area (Å²) in [5.41, 5.74) is 0. The third kappa shape index (κ3) is 6.93. The van der Waals surface area contributed by atoms with Gasteiger partial charge in [-0.2, -0.15) is 0 Å². The highest BCUT2D eigenvalue weighted by atomic mass is 16.5. The Morgan fingerprint density at radius 3 is 2.28 bits per heavy atom. The average Bonchev–Trinajstić information content (AvgIpc) is 2.39. The molecule has 2 N–H and O–H groups in total. The number of carbonyl (C=O) groups excluding carboxylic acids is 1. The molecular weight excluding hydrogens is 232 g/mol. The van der Waals surface area contributed by atoms with Gasteiger partial charge in [0.1, 0.15) is 0 Å². The molecule has 0 aliphatic rings. The van der Waals surface area contributed by atoms with Crippen molar-refractivity contribution in [2.45, 2.75) is 51.8 Å². The first kappa shape index (κ1) is 17.4. The fourth-order valence-electron chi connectivity index (χ4n) is 1.62. The molecule has 18 heavy (non-hydrogen) atoms. The van der Waals surface area contributed by atoms with Gasteiger partial charge in [-0.05, 0) is 19.8 Å². The maximum Gasteiger partial charge on any atom is 0.237 e. The lowest BCUT2D eigenvalue weighted by molar-refractivity contribution is -0.123. The van der Waals surface area contributed by atoms with Crippen molar-refractivity contribution < 1.29 is 14.3 Å². The number of carbonyl (C=O) groups is 1. The number of hydrogen-bond acceptors (Lipinski definition) is 4. The van der Waals surface area contributed by atoms with Crippen LogP contribution in [0.2, 0.25) is 0 Å². The predicted octanol–water partition coefficient (Wildman–Crippen LogP) is 0.931. The van der Waals surface area contributed by atoms with Gasteiger partial charge in [0.15, 0.2) is 0 Å². The summed E-state index contributed by atoms with van der Waals surface area (Å²) in [6.45, 7) is 7.13. The first-order valence-electron chi connectivity index (χ1n) is 6.64. The molecule has 0 aromatic heterocycles. The van der Waals surface area contributed by atoms with Gasteiger partial charge < -0.3 is 20.1 Å². The van der Waals surface area contributed by atoms with Crippen LogP contribution in [-0.4, -0.2) is 51.5 Å². The van der Waals surface area contributed by atoms with Gasteiger partial charge in [0.2, 0.25) is 5.91 Å². The molecule has 0 bridgehead atoms. The van der Waals surface area contributed by atoms with Gasteiger partial charge in [-0.25, -0.2) is 0 Å². The Morgan fingerprint density at radius 1 is 1.22 bits per heavy atom. The molecule has 0 rings (SSSR count). The van der Waals surface area contributed by atoms with Crippen LogP contribution in [-0.2, 0) is 14.3 Å². The largest absolute Gasteiger partial charge is 0.382 e. The van der Waals surface area contributed by atoms with Crippen LogP contribution >= 0.6 is 0 Å². The van der Waals surface area contributed by atoms with Crippen LogP contribution in [0.1, 0.15) is 33.6 Å². The van der Waals surface area contributed by atoms with Crippen molar-refractivity contribution in [2.75, 3.05) is 27.4 Å². The molecule has 0 spiro atoms. The summed E-state index contributed by atoms with van der Waals surface area (Å²) in [6, 6.07) is 0.0408. The monoisotopic (exact) mass is 260 g/mol. The number of methoxy groups -OCH3 is 2. The topological polar surface area (TPSA) is 59.6 Å². The minimum absolute atomic E-state index is 0.0293. The SMILES string of the molecule is CCC(CC)NC(=O)C(C)NCC(COC)OC. The van der Waals surface area contributed by atoms with Gasteiger partial charge >= 0.3 is 0 Å². The van der Waals surface area contributed by atoms with Crippen LogP contribution in [0, 0.1) is 0 Å². The average molecular weight is 260 g/mol. The Hall–Kier alpha value is -0.650. The lowest BCUT2D eigenvalue weighted by atomic mass is 10.1. The fraction of sp³-hybridized carbons (Fsp3) is 0.923. The summed E-state index contributed by atoms with van der Waals surface area (Å²) >= 11 is 0. The van der Waals surface area contributed by atoms with Crippen molar-refractivity contribution >= 4 is 5.91 Å². The highest BCUT2D eigenvalue weighted by molar-refractivity contribution is 5.81. The minimum Gasteiger partial charge on any atom is -0.382 e. The standard InChI is InChI=1S/C13H28N2O3/c1-6-11(7-2)15-13(16)10(3)14-8-12(18-5)9-17-4/h10-12,14H,6-9H2,1-5H3,(H,15,16). The minimum atomic E-state index is -0.222. The van der Waals surface area contributed by atoms with Crippen molar-refractivity contribution in [3.05, 3.63) is 0 Å². The van der Waals surface area contributed by atoms with E-state index in [0.717, 1.165) is 12.8 Å². The van der Waals surface area contributed by atoms with Crippen LogP contribution in [0.25, 0.3) is 0 Å². The van der Waals surface area contributed by atoms with Crippen LogP contribution in [0.3, 0.4) is 0 Å². The van der Waals surface area contributed by atoms with Crippen molar-refractivity contribution in [1.82, 2.24) is 10.6 Å². The molecule has 0 heterocycles. The molecule has 0 saturated heterocycles. The molecule has 5 nitrogen and oxygen atoms in total. The maximum atomic E-state index is 11.9. The Bertz CT molecular complexity index is 220. The number of amides is 1. The van der Waals surface area contributed by atoms with Crippen molar-refractivity contribution in [3.8, 4) is 0 Å². The van der Waals surface area contributed by atoms with Gasteiger partial charge in [-0.3, -0.25) is 4.79 Å². The summed E-state index contributed by atoms with van der Waals surface area (Å²) in [6.07, 6.45) is 1.89. The predicted molar refractivity (Wildman–Crippen MR) is 72.7 cm³/mol. The first-order chi connectivity index (χ1) is 8.58. The zero-order valence-corrected chi connectivity index (χ0v) is 12.3. The second-order valence-electron chi connectivity index (χ2n) is 4.46. The van der Waals surface area contributed by atoms with Crippen molar-refractivity contribution in [1.29, 1.82) is 0 Å². The molecule has 0 aliphatic carbocycles. The van der Waals surface area contributed by atoms with Gasteiger partial charge in [-0.1, -0.05) is 13.8 Å². The zero-order valence-electron chi connectivity index (χ0n) is 12.3. The third-order valence-corrected chi connectivity index (χ3v) is 3.06. The molecule has 0 fully saturated rings. The summed E-state index contributed by atoms with van der Waals surface area (Å²) < 4.78 is 10.2. The van der Waals surface area contributed by atoms with E-state index >= 15 is 0 Å². The summed E-state index contributed by atoms with van der Waals surface area (Å²) in [4.78, 5) is 11.9. The maximum absolute atomic E-state index is 11.9. The molecule has 5 heteroatoms. The van der Waals surface area contributed by atoms with Crippen LogP contribution < -0.4 is 10.6 Å². The molecule has 1 amide bonds. The van der Waals surface area contributed by atoms with Gasteiger partial charge in [0, 0.05) is 26.8 Å². The van der Waals surface area contributed by atoms with Gasteiger partial charge in [0.25, 0.3) is 0 Å². The summed E-state index contributed by atoms with van der Waals surface area (Å²) in [5.74, 6) is 0.0379. The molecule has 0 saturated carbocycles. The highest BCUT2D eigenvalue weighted by Gasteiger charge is 2.17. The number of ether oxygens (including phenoxy) is 2. The highest BCUT2D eigenvalue weighted by Crippen LogP contribution is 1.97. The lowest BCUT2D eigenvalue weighted by Crippen LogP contribution is -2.48. The molecular formula is C13H28N2O3. The van der Waals surface area contributed by atoms with Crippen LogP contribution in [0.5, 0.6) is 0 Å². The van der Waals surface area contributed by atoms with Crippen molar-refractivity contribution in [2.24, 2.45) is 0 Å². The summed E-state index contributed by atoms with van der Waals surface area (Å²) in [5, 5.41) is 6.17. The summed E-state index contributed by atoms with van der Waals surface area (Å²) in [7, 11) is 3.27. The second-order valence-corrected chi connectivity index (χ2v) is 4.46. The molecule has 2 atom stereocenters. The molecule has 0 aromatic carbocycles. The number of hydrogen-bond donors (Lipinski definition) is 2. The van der Waals surface area contributed by atoms with E-state index in [4.69, 9.17) is 9.47 Å². The van der Waals surface area contributed by atoms with E-state index in [1.807, 2.05) is 6.92 Å². The van der Waals surface area contributed by atoms with Crippen LogP contribution in [0.15, 0.2) is 0 Å². The first-order valence-corrected chi connectivity index (χ1v) is 6.64. The molecule has 0 radical (unpaired) electrons. The molecule has 2 unspecified atom stereocenters. The Kier molecular flexibility index (Phi) is 9.92. The van der Waals surface area contributed by atoms with E-state index in [0.29, 0.717) is 13.2 Å².